The molecule has 0 aliphatic carbocycles. The van der Waals surface area contributed by atoms with E-state index in [2.05, 4.69) is 17.6 Å². The third-order valence-corrected chi connectivity index (χ3v) is 8.40. The van der Waals surface area contributed by atoms with Crippen molar-refractivity contribution < 1.29 is 33.4 Å². The molecule has 0 radical (unpaired) electrons. The van der Waals surface area contributed by atoms with Gasteiger partial charge in [-0.2, -0.15) is 0 Å². The predicted octanol–water partition coefficient (Wildman–Crippen LogP) is 6.76. The van der Waals surface area contributed by atoms with Crippen molar-refractivity contribution in [3.63, 3.8) is 0 Å². The number of rotatable bonds is 19. The molecular formula is C41H62N4O7. The molecule has 3 unspecified atom stereocenters. The number of amides is 4. The Morgan fingerprint density at radius 3 is 1.96 bits per heavy atom. The van der Waals surface area contributed by atoms with Crippen molar-refractivity contribution >= 4 is 29.8 Å². The second kappa shape index (κ2) is 20.6. The van der Waals surface area contributed by atoms with Gasteiger partial charge in [0.25, 0.3) is 0 Å². The first-order valence-electron chi connectivity index (χ1n) is 18.5. The smallest absolute Gasteiger partial charge is 0.408 e. The maximum atomic E-state index is 14.7. The molecule has 0 spiro atoms. The topological polar surface area (TPSA) is 157 Å². The van der Waals surface area contributed by atoms with Gasteiger partial charge in [-0.05, 0) is 90.5 Å². The molecule has 288 valence electrons. The van der Waals surface area contributed by atoms with Gasteiger partial charge in [-0.15, -0.1) is 0 Å². The number of carbonyl (C=O) groups is 5. The van der Waals surface area contributed by atoms with E-state index in [4.69, 9.17) is 15.2 Å². The van der Waals surface area contributed by atoms with E-state index in [1.807, 2.05) is 56.3 Å². The van der Waals surface area contributed by atoms with Crippen LogP contribution in [0.5, 0.6) is 0 Å². The molecule has 0 aliphatic rings. The van der Waals surface area contributed by atoms with Crippen molar-refractivity contribution in [1.29, 1.82) is 0 Å². The van der Waals surface area contributed by atoms with E-state index in [-0.39, 0.29) is 25.8 Å². The Hall–Kier alpha value is -4.41. The molecule has 4 amide bonds. The lowest BCUT2D eigenvalue weighted by atomic mass is 9.96. The van der Waals surface area contributed by atoms with E-state index in [1.54, 1.807) is 47.6 Å². The van der Waals surface area contributed by atoms with Crippen molar-refractivity contribution in [2.24, 2.45) is 5.73 Å². The monoisotopic (exact) mass is 722 g/mol. The van der Waals surface area contributed by atoms with E-state index in [0.717, 1.165) is 48.8 Å². The molecule has 2 aromatic carbocycles. The molecule has 0 saturated carbocycles. The van der Waals surface area contributed by atoms with Crippen LogP contribution in [0.15, 0.2) is 48.5 Å². The Labute approximate surface area is 310 Å². The second-order valence-corrected chi connectivity index (χ2v) is 15.5. The summed E-state index contributed by atoms with van der Waals surface area (Å²) < 4.78 is 11.2. The zero-order valence-electron chi connectivity index (χ0n) is 32.8. The molecule has 52 heavy (non-hydrogen) atoms. The summed E-state index contributed by atoms with van der Waals surface area (Å²) >= 11 is 0. The summed E-state index contributed by atoms with van der Waals surface area (Å²) in [5, 5.41) is 5.59. The number of ether oxygens (including phenoxy) is 2. The van der Waals surface area contributed by atoms with Gasteiger partial charge < -0.3 is 30.7 Å². The second-order valence-electron chi connectivity index (χ2n) is 15.5. The van der Waals surface area contributed by atoms with Gasteiger partial charge in [-0.3, -0.25) is 14.4 Å². The maximum absolute atomic E-state index is 14.7. The fraction of sp³-hybridized carbons (Fsp3) is 0.585. The Morgan fingerprint density at radius 1 is 0.769 bits per heavy atom. The first-order chi connectivity index (χ1) is 24.3. The van der Waals surface area contributed by atoms with E-state index >= 15 is 0 Å². The van der Waals surface area contributed by atoms with Crippen LogP contribution in [-0.4, -0.2) is 64.5 Å². The summed E-state index contributed by atoms with van der Waals surface area (Å²) in [6, 6.07) is 11.4. The van der Waals surface area contributed by atoms with E-state index in [1.165, 1.54) is 4.90 Å². The fourth-order valence-corrected chi connectivity index (χ4v) is 5.70. The summed E-state index contributed by atoms with van der Waals surface area (Å²) in [6.45, 7) is 16.6. The normalized spacial score (nSPS) is 13.3. The summed E-state index contributed by atoms with van der Waals surface area (Å²) in [4.78, 5) is 69.5. The van der Waals surface area contributed by atoms with Crippen LogP contribution in [0.2, 0.25) is 0 Å². The molecular weight excluding hydrogens is 660 g/mol. The number of alkyl carbamates (subject to hydrolysis) is 1. The average molecular weight is 723 g/mol. The lowest BCUT2D eigenvalue weighted by Gasteiger charge is -2.35. The number of nitrogens with two attached hydrogens (primary N) is 1. The Balaban J connectivity index is 2.68. The van der Waals surface area contributed by atoms with Crippen molar-refractivity contribution in [2.75, 3.05) is 6.54 Å². The van der Waals surface area contributed by atoms with E-state index < -0.39 is 59.1 Å². The largest absolute Gasteiger partial charge is 0.458 e. The first-order valence-corrected chi connectivity index (χ1v) is 18.5. The number of hydrogen-bond donors (Lipinski definition) is 3. The van der Waals surface area contributed by atoms with E-state index in [0.29, 0.717) is 12.0 Å². The molecule has 11 nitrogen and oxygen atoms in total. The molecule has 2 rings (SSSR count). The number of nitrogens with one attached hydrogen (secondary N) is 2. The van der Waals surface area contributed by atoms with Crippen LogP contribution in [-0.2, 0) is 35.1 Å². The number of carbonyl (C=O) groups excluding carboxylic acids is 5. The van der Waals surface area contributed by atoms with Crippen LogP contribution in [0.1, 0.15) is 128 Å². The molecule has 11 heteroatoms. The average Bonchev–Trinajstić information content (AvgIpc) is 3.03. The molecule has 0 heterocycles. The highest BCUT2D eigenvalue weighted by Gasteiger charge is 2.38. The zero-order chi connectivity index (χ0) is 39.1. The van der Waals surface area contributed by atoms with Crippen molar-refractivity contribution in [1.82, 2.24) is 15.5 Å². The van der Waals surface area contributed by atoms with Gasteiger partial charge in [0.05, 0.1) is 0 Å². The SMILES string of the molecule is CCCCCCCCN(C(=O)C(CCC(N)=O)NC(=O)OC(C)(C)C)C(C(=O)NC(Cc1ccccc1)C(=O)OC(C)(C)C)c1ccc(C)c(C)c1. The minimum absolute atomic E-state index is 0.101. The minimum atomic E-state index is -1.23. The number of unbranched alkanes of at least 4 members (excludes halogenated alkanes) is 5. The summed E-state index contributed by atoms with van der Waals surface area (Å²) in [5.41, 5.74) is 7.09. The quantitative estimate of drug-likeness (QED) is 0.107. The number of primary amides is 1. The van der Waals surface area contributed by atoms with Crippen LogP contribution in [0.25, 0.3) is 0 Å². The fourth-order valence-electron chi connectivity index (χ4n) is 5.70. The van der Waals surface area contributed by atoms with Crippen molar-refractivity contribution in [2.45, 2.75) is 149 Å². The van der Waals surface area contributed by atoms with Gasteiger partial charge in [-0.25, -0.2) is 9.59 Å². The third-order valence-electron chi connectivity index (χ3n) is 8.40. The lowest BCUT2D eigenvalue weighted by Crippen LogP contribution is -2.55. The maximum Gasteiger partial charge on any atom is 0.408 e. The molecule has 0 bridgehead atoms. The molecule has 0 fully saturated rings. The van der Waals surface area contributed by atoms with Gasteiger partial charge in [-0.1, -0.05) is 87.6 Å². The highest BCUT2D eigenvalue weighted by Crippen LogP contribution is 2.27. The van der Waals surface area contributed by atoms with Crippen LogP contribution < -0.4 is 16.4 Å². The number of benzene rings is 2. The number of nitrogens with zero attached hydrogens (tertiary/aromatic N) is 1. The van der Waals surface area contributed by atoms with Gasteiger partial charge >= 0.3 is 12.1 Å². The highest BCUT2D eigenvalue weighted by molar-refractivity contribution is 5.94. The summed E-state index contributed by atoms with van der Waals surface area (Å²) in [5.74, 6) is -2.41. The molecule has 4 N–H and O–H groups in total. The molecule has 0 aromatic heterocycles. The number of esters is 1. The molecule has 2 aromatic rings. The Bertz CT molecular complexity index is 1480. The molecule has 0 saturated heterocycles. The first kappa shape index (κ1) is 43.8. The van der Waals surface area contributed by atoms with Gasteiger partial charge in [0.2, 0.25) is 17.7 Å². The van der Waals surface area contributed by atoms with Crippen LogP contribution >= 0.6 is 0 Å². The Kier molecular flexibility index (Phi) is 17.3. The standard InChI is InChI=1S/C41H62N4O7/c1-10-11-12-13-14-18-25-45(37(48)32(23-24-34(42)46)44-39(50)52-41(7,8)9)35(31-22-21-28(2)29(3)26-31)36(47)43-33(38(49)51-40(4,5)6)27-30-19-16-15-17-20-30/h15-17,19-22,26,32-33,35H,10-14,18,23-25,27H2,1-9H3,(H2,42,46)(H,43,47)(H,44,50). The van der Waals surface area contributed by atoms with Crippen molar-refractivity contribution in [3.8, 4) is 0 Å². The van der Waals surface area contributed by atoms with Gasteiger partial charge in [0, 0.05) is 19.4 Å². The summed E-state index contributed by atoms with van der Waals surface area (Å²) in [7, 11) is 0. The van der Waals surface area contributed by atoms with Crippen LogP contribution in [0, 0.1) is 13.8 Å². The minimum Gasteiger partial charge on any atom is -0.458 e. The highest BCUT2D eigenvalue weighted by atomic mass is 16.6. The number of hydrogen-bond acceptors (Lipinski definition) is 7. The molecule has 3 atom stereocenters. The van der Waals surface area contributed by atoms with Gasteiger partial charge in [0.15, 0.2) is 0 Å². The number of aryl methyl sites for hydroxylation is 2. The Morgan fingerprint density at radius 2 is 1.38 bits per heavy atom. The van der Waals surface area contributed by atoms with Gasteiger partial charge in [0.1, 0.15) is 29.3 Å². The van der Waals surface area contributed by atoms with Crippen LogP contribution in [0.3, 0.4) is 0 Å². The third kappa shape index (κ3) is 15.9. The predicted molar refractivity (Wildman–Crippen MR) is 203 cm³/mol. The summed E-state index contributed by atoms with van der Waals surface area (Å²) in [6.07, 6.45) is 4.61. The van der Waals surface area contributed by atoms with E-state index in [9.17, 15) is 24.0 Å². The van der Waals surface area contributed by atoms with Crippen molar-refractivity contribution in [3.05, 3.63) is 70.8 Å². The van der Waals surface area contributed by atoms with Crippen LogP contribution in [0.4, 0.5) is 4.79 Å². The molecule has 0 aliphatic heterocycles. The zero-order valence-corrected chi connectivity index (χ0v) is 32.8. The lowest BCUT2D eigenvalue weighted by molar-refractivity contribution is -0.159.